The quantitative estimate of drug-likeness (QED) is 0.699. The minimum absolute atomic E-state index is 0.129. The Morgan fingerprint density at radius 2 is 2.00 bits per heavy atom. The van der Waals surface area contributed by atoms with Crippen molar-refractivity contribution < 1.29 is 5.11 Å². The molecule has 0 fully saturated rings. The smallest absolute Gasteiger partial charge is 0.161 e. The average Bonchev–Trinajstić information content (AvgIpc) is 2.31. The molecule has 2 aromatic rings. The van der Waals surface area contributed by atoms with Crippen molar-refractivity contribution in [3.05, 3.63) is 35.9 Å². The van der Waals surface area contributed by atoms with Gasteiger partial charge in [-0.05, 0) is 18.2 Å². The van der Waals surface area contributed by atoms with Gasteiger partial charge in [0.05, 0.1) is 11.3 Å². The topological polar surface area (TPSA) is 72.0 Å². The van der Waals surface area contributed by atoms with Crippen LogP contribution in [0.4, 0.5) is 5.82 Å². The van der Waals surface area contributed by atoms with Crippen molar-refractivity contribution in [1.29, 1.82) is 0 Å². The molecule has 1 heterocycles. The highest BCUT2D eigenvalue weighted by atomic mass is 16.3. The maximum absolute atomic E-state index is 9.65. The van der Waals surface area contributed by atoms with Gasteiger partial charge in [0.1, 0.15) is 5.75 Å². The third-order valence-electron chi connectivity index (χ3n) is 2.16. The number of aromatic hydroxyl groups is 1. The third kappa shape index (κ3) is 1.66. The van der Waals surface area contributed by atoms with Crippen molar-refractivity contribution in [2.45, 2.75) is 0 Å². The predicted molar refractivity (Wildman–Crippen MR) is 61.5 cm³/mol. The van der Waals surface area contributed by atoms with E-state index in [0.29, 0.717) is 16.8 Å². The second kappa shape index (κ2) is 3.91. The maximum atomic E-state index is 9.65. The molecular formula is C12H9N3O. The highest BCUT2D eigenvalue weighted by Crippen LogP contribution is 2.27. The molecule has 0 bridgehead atoms. The Morgan fingerprint density at radius 3 is 2.69 bits per heavy atom. The second-order valence-electron chi connectivity index (χ2n) is 3.19. The van der Waals surface area contributed by atoms with Gasteiger partial charge in [0.2, 0.25) is 0 Å². The van der Waals surface area contributed by atoms with Crippen molar-refractivity contribution in [3.8, 4) is 29.4 Å². The molecule has 4 heteroatoms. The number of phenols is 1. The summed E-state index contributed by atoms with van der Waals surface area (Å²) in [5.74, 6) is 2.75. The van der Waals surface area contributed by atoms with E-state index in [1.807, 2.05) is 0 Å². The molecule has 0 saturated carbocycles. The number of hydrogen-bond donors (Lipinski definition) is 2. The Bertz CT molecular complexity index is 573. The van der Waals surface area contributed by atoms with E-state index < -0.39 is 0 Å². The van der Waals surface area contributed by atoms with Crippen molar-refractivity contribution in [3.63, 3.8) is 0 Å². The molecule has 0 amide bonds. The molecule has 78 valence electrons. The van der Waals surface area contributed by atoms with Crippen LogP contribution in [0.5, 0.6) is 5.75 Å². The van der Waals surface area contributed by atoms with Crippen molar-refractivity contribution in [2.24, 2.45) is 0 Å². The standard InChI is InChI=1S/C12H9N3O/c1-2-8-7-10(14-15-12(8)13)9-5-3-4-6-11(9)16/h1,3-7,16H,(H2,13,15). The normalized spacial score (nSPS) is 9.69. The van der Waals surface area contributed by atoms with Crippen LogP contribution in [-0.2, 0) is 0 Å². The lowest BCUT2D eigenvalue weighted by Crippen LogP contribution is -1.98. The van der Waals surface area contributed by atoms with Crippen LogP contribution in [0, 0.1) is 12.3 Å². The molecule has 0 atom stereocenters. The summed E-state index contributed by atoms with van der Waals surface area (Å²) in [5.41, 5.74) is 7.08. The minimum atomic E-state index is 0.129. The van der Waals surface area contributed by atoms with Gasteiger partial charge in [-0.25, -0.2) is 0 Å². The van der Waals surface area contributed by atoms with E-state index in [0.717, 1.165) is 0 Å². The minimum Gasteiger partial charge on any atom is -0.507 e. The first kappa shape index (κ1) is 9.99. The first-order valence-corrected chi connectivity index (χ1v) is 4.60. The fourth-order valence-electron chi connectivity index (χ4n) is 1.34. The Labute approximate surface area is 92.8 Å². The molecule has 3 N–H and O–H groups in total. The summed E-state index contributed by atoms with van der Waals surface area (Å²) in [7, 11) is 0. The number of para-hydroxylation sites is 1. The van der Waals surface area contributed by atoms with E-state index in [-0.39, 0.29) is 11.6 Å². The monoisotopic (exact) mass is 211 g/mol. The lowest BCUT2D eigenvalue weighted by molar-refractivity contribution is 0.477. The molecule has 16 heavy (non-hydrogen) atoms. The van der Waals surface area contributed by atoms with Crippen LogP contribution in [0.1, 0.15) is 5.56 Å². The van der Waals surface area contributed by atoms with Gasteiger partial charge in [0.15, 0.2) is 5.82 Å². The molecule has 0 radical (unpaired) electrons. The van der Waals surface area contributed by atoms with Crippen LogP contribution in [0.3, 0.4) is 0 Å². The summed E-state index contributed by atoms with van der Waals surface area (Å²) in [4.78, 5) is 0. The Hall–Kier alpha value is -2.54. The zero-order valence-corrected chi connectivity index (χ0v) is 8.38. The van der Waals surface area contributed by atoms with Gasteiger partial charge in [0.25, 0.3) is 0 Å². The zero-order chi connectivity index (χ0) is 11.5. The molecule has 0 spiro atoms. The molecule has 0 aliphatic carbocycles. The largest absolute Gasteiger partial charge is 0.507 e. The number of nitrogens with zero attached hydrogens (tertiary/aromatic N) is 2. The fraction of sp³-hybridized carbons (Fsp3) is 0. The van der Waals surface area contributed by atoms with Crippen molar-refractivity contribution in [2.75, 3.05) is 5.73 Å². The zero-order valence-electron chi connectivity index (χ0n) is 8.38. The van der Waals surface area contributed by atoms with Gasteiger partial charge in [-0.15, -0.1) is 16.6 Å². The molecule has 1 aromatic heterocycles. The van der Waals surface area contributed by atoms with E-state index >= 15 is 0 Å². The predicted octanol–water partition coefficient (Wildman–Crippen LogP) is 1.41. The number of nitrogen functional groups attached to an aromatic ring is 1. The SMILES string of the molecule is C#Cc1cc(-c2ccccc2O)nnc1N. The number of nitrogens with two attached hydrogens (primary N) is 1. The van der Waals surface area contributed by atoms with E-state index in [2.05, 4.69) is 16.1 Å². The molecule has 0 aliphatic heterocycles. The van der Waals surface area contributed by atoms with Gasteiger partial charge in [0, 0.05) is 5.56 Å². The molecule has 1 aromatic carbocycles. The summed E-state index contributed by atoms with van der Waals surface area (Å²) >= 11 is 0. The van der Waals surface area contributed by atoms with Crippen LogP contribution < -0.4 is 5.73 Å². The Morgan fingerprint density at radius 1 is 1.25 bits per heavy atom. The first-order valence-electron chi connectivity index (χ1n) is 4.60. The number of rotatable bonds is 1. The average molecular weight is 211 g/mol. The number of hydrogen-bond acceptors (Lipinski definition) is 4. The van der Waals surface area contributed by atoms with Gasteiger partial charge < -0.3 is 10.8 Å². The summed E-state index contributed by atoms with van der Waals surface area (Å²) < 4.78 is 0. The summed E-state index contributed by atoms with van der Waals surface area (Å²) in [5, 5.41) is 17.3. The van der Waals surface area contributed by atoms with Crippen LogP contribution in [-0.4, -0.2) is 15.3 Å². The number of phenolic OH excluding ortho intramolecular Hbond substituents is 1. The molecule has 0 unspecified atom stereocenters. The maximum Gasteiger partial charge on any atom is 0.161 e. The molecule has 0 saturated heterocycles. The van der Waals surface area contributed by atoms with Gasteiger partial charge >= 0.3 is 0 Å². The highest BCUT2D eigenvalue weighted by Gasteiger charge is 2.07. The summed E-state index contributed by atoms with van der Waals surface area (Å²) in [6, 6.07) is 8.45. The molecule has 2 rings (SSSR count). The molecule has 0 aliphatic rings. The Kier molecular flexibility index (Phi) is 2.44. The number of anilines is 1. The van der Waals surface area contributed by atoms with E-state index in [1.54, 1.807) is 30.3 Å². The lowest BCUT2D eigenvalue weighted by atomic mass is 10.1. The van der Waals surface area contributed by atoms with Gasteiger partial charge in [-0.3, -0.25) is 0 Å². The summed E-state index contributed by atoms with van der Waals surface area (Å²) in [6.07, 6.45) is 5.28. The Balaban J connectivity index is 2.59. The van der Waals surface area contributed by atoms with Crippen LogP contribution >= 0.6 is 0 Å². The van der Waals surface area contributed by atoms with E-state index in [9.17, 15) is 5.11 Å². The number of aromatic nitrogens is 2. The van der Waals surface area contributed by atoms with Crippen LogP contribution in [0.25, 0.3) is 11.3 Å². The molecular weight excluding hydrogens is 202 g/mol. The van der Waals surface area contributed by atoms with Crippen LogP contribution in [0.2, 0.25) is 0 Å². The van der Waals surface area contributed by atoms with Crippen LogP contribution in [0.15, 0.2) is 30.3 Å². The lowest BCUT2D eigenvalue weighted by Gasteiger charge is -2.04. The van der Waals surface area contributed by atoms with Gasteiger partial charge in [-0.1, -0.05) is 18.1 Å². The first-order chi connectivity index (χ1) is 7.72. The third-order valence-corrected chi connectivity index (χ3v) is 2.16. The number of terminal acetylenes is 1. The summed E-state index contributed by atoms with van der Waals surface area (Å²) in [6.45, 7) is 0. The van der Waals surface area contributed by atoms with E-state index in [4.69, 9.17) is 12.2 Å². The van der Waals surface area contributed by atoms with Crippen molar-refractivity contribution in [1.82, 2.24) is 10.2 Å². The highest BCUT2D eigenvalue weighted by molar-refractivity contribution is 5.69. The fourth-order valence-corrected chi connectivity index (χ4v) is 1.34. The number of benzene rings is 1. The van der Waals surface area contributed by atoms with E-state index in [1.165, 1.54) is 0 Å². The van der Waals surface area contributed by atoms with Crippen molar-refractivity contribution >= 4 is 5.82 Å². The molecule has 4 nitrogen and oxygen atoms in total. The van der Waals surface area contributed by atoms with Gasteiger partial charge in [-0.2, -0.15) is 0 Å². The second-order valence-corrected chi connectivity index (χ2v) is 3.19.